The highest BCUT2D eigenvalue weighted by molar-refractivity contribution is 5.62. The Morgan fingerprint density at radius 2 is 2.10 bits per heavy atom. The molecule has 0 radical (unpaired) electrons. The van der Waals surface area contributed by atoms with E-state index in [4.69, 9.17) is 5.73 Å². The van der Waals surface area contributed by atoms with Crippen molar-refractivity contribution in [2.45, 2.75) is 19.4 Å². The van der Waals surface area contributed by atoms with E-state index in [1.54, 1.807) is 0 Å². The summed E-state index contributed by atoms with van der Waals surface area (Å²) in [4.78, 5) is 6.73. The highest BCUT2D eigenvalue weighted by Crippen LogP contribution is 2.22. The van der Waals surface area contributed by atoms with Gasteiger partial charge in [-0.05, 0) is 60.7 Å². The Hall–Kier alpha value is -1.71. The molecule has 3 heteroatoms. The first-order valence-corrected chi connectivity index (χ1v) is 7.77. The van der Waals surface area contributed by atoms with E-state index in [0.29, 0.717) is 5.92 Å². The van der Waals surface area contributed by atoms with Crippen LogP contribution in [-0.2, 0) is 6.54 Å². The van der Waals surface area contributed by atoms with Crippen LogP contribution < -0.4 is 5.73 Å². The third-order valence-electron chi connectivity index (χ3n) is 4.26. The maximum Gasteiger partial charge on any atom is 0.0346 e. The minimum absolute atomic E-state index is 0.667. The Balaban J connectivity index is 1.72. The van der Waals surface area contributed by atoms with Gasteiger partial charge < -0.3 is 5.73 Å². The summed E-state index contributed by atoms with van der Waals surface area (Å²) in [5, 5.41) is 0. The van der Waals surface area contributed by atoms with Crippen LogP contribution in [0.25, 0.3) is 11.1 Å². The maximum absolute atomic E-state index is 5.83. The number of aromatic nitrogens is 1. The number of benzene rings is 1. The fourth-order valence-corrected chi connectivity index (χ4v) is 3.13. The fourth-order valence-electron chi connectivity index (χ4n) is 3.13. The molecule has 2 heterocycles. The summed E-state index contributed by atoms with van der Waals surface area (Å²) in [6, 6.07) is 12.9. The van der Waals surface area contributed by atoms with Crippen LogP contribution in [0, 0.1) is 5.92 Å². The van der Waals surface area contributed by atoms with Gasteiger partial charge >= 0.3 is 0 Å². The van der Waals surface area contributed by atoms with Gasteiger partial charge in [0.25, 0.3) is 0 Å². The third kappa shape index (κ3) is 3.69. The van der Waals surface area contributed by atoms with E-state index >= 15 is 0 Å². The zero-order chi connectivity index (χ0) is 14.5. The van der Waals surface area contributed by atoms with E-state index in [0.717, 1.165) is 19.6 Å². The van der Waals surface area contributed by atoms with Gasteiger partial charge in [-0.25, -0.2) is 0 Å². The number of likely N-dealkylation sites (tertiary alicyclic amines) is 1. The smallest absolute Gasteiger partial charge is 0.0346 e. The Morgan fingerprint density at radius 1 is 1.19 bits per heavy atom. The second kappa shape index (κ2) is 6.83. The molecule has 1 aromatic heterocycles. The Kier molecular flexibility index (Phi) is 4.63. The molecule has 3 rings (SSSR count). The SMILES string of the molecule is NC[C@H]1CCCN(Cc2cccc(-c3cccnc3)c2)C1. The van der Waals surface area contributed by atoms with Crippen molar-refractivity contribution >= 4 is 0 Å². The fraction of sp³-hybridized carbons (Fsp3) is 0.389. The van der Waals surface area contributed by atoms with E-state index in [1.165, 1.54) is 36.1 Å². The van der Waals surface area contributed by atoms with E-state index in [-0.39, 0.29) is 0 Å². The van der Waals surface area contributed by atoms with Gasteiger partial charge in [0, 0.05) is 25.5 Å². The van der Waals surface area contributed by atoms with Crippen molar-refractivity contribution in [1.82, 2.24) is 9.88 Å². The topological polar surface area (TPSA) is 42.1 Å². The highest BCUT2D eigenvalue weighted by atomic mass is 15.1. The van der Waals surface area contributed by atoms with Crippen molar-refractivity contribution in [1.29, 1.82) is 0 Å². The summed E-state index contributed by atoms with van der Waals surface area (Å²) < 4.78 is 0. The molecule has 21 heavy (non-hydrogen) atoms. The Bertz CT molecular complexity index is 568. The molecule has 0 saturated carbocycles. The second-order valence-corrected chi connectivity index (χ2v) is 5.92. The number of nitrogens with zero attached hydrogens (tertiary/aromatic N) is 2. The lowest BCUT2D eigenvalue weighted by atomic mass is 9.97. The number of pyridine rings is 1. The number of hydrogen-bond donors (Lipinski definition) is 1. The molecule has 1 aliphatic rings. The predicted octanol–water partition coefficient (Wildman–Crippen LogP) is 2.92. The van der Waals surface area contributed by atoms with Crippen molar-refractivity contribution in [2.24, 2.45) is 11.7 Å². The van der Waals surface area contributed by atoms with Gasteiger partial charge in [-0.1, -0.05) is 24.3 Å². The average Bonchev–Trinajstić information content (AvgIpc) is 2.56. The molecule has 1 atom stereocenters. The molecule has 0 spiro atoms. The van der Waals surface area contributed by atoms with Gasteiger partial charge in [-0.3, -0.25) is 9.88 Å². The van der Waals surface area contributed by atoms with Gasteiger partial charge in [-0.2, -0.15) is 0 Å². The monoisotopic (exact) mass is 281 g/mol. The normalized spacial score (nSPS) is 19.6. The zero-order valence-corrected chi connectivity index (χ0v) is 12.4. The van der Waals surface area contributed by atoms with Crippen molar-refractivity contribution in [3.63, 3.8) is 0 Å². The molecule has 1 aromatic carbocycles. The second-order valence-electron chi connectivity index (χ2n) is 5.92. The molecular weight excluding hydrogens is 258 g/mol. The standard InChI is InChI=1S/C18H23N3/c19-11-16-5-3-9-21(14-16)13-15-4-1-6-17(10-15)18-7-2-8-20-12-18/h1-2,4,6-8,10,12,16H,3,5,9,11,13-14,19H2/t16-/m1/s1. The molecule has 1 saturated heterocycles. The van der Waals surface area contributed by atoms with Crippen LogP contribution in [-0.4, -0.2) is 29.5 Å². The van der Waals surface area contributed by atoms with Gasteiger partial charge in [-0.15, -0.1) is 0 Å². The minimum atomic E-state index is 0.667. The van der Waals surface area contributed by atoms with Crippen molar-refractivity contribution < 1.29 is 0 Å². The summed E-state index contributed by atoms with van der Waals surface area (Å²) in [5.74, 6) is 0.667. The van der Waals surface area contributed by atoms with Crippen LogP contribution in [0.4, 0.5) is 0 Å². The Morgan fingerprint density at radius 3 is 2.90 bits per heavy atom. The Labute approximate surface area is 126 Å². The minimum Gasteiger partial charge on any atom is -0.330 e. The molecule has 3 nitrogen and oxygen atoms in total. The molecule has 0 bridgehead atoms. The summed E-state index contributed by atoms with van der Waals surface area (Å²) in [7, 11) is 0. The van der Waals surface area contributed by atoms with Crippen LogP contribution in [0.5, 0.6) is 0 Å². The van der Waals surface area contributed by atoms with Crippen molar-refractivity contribution in [2.75, 3.05) is 19.6 Å². The average molecular weight is 281 g/mol. The number of hydrogen-bond acceptors (Lipinski definition) is 3. The highest BCUT2D eigenvalue weighted by Gasteiger charge is 2.18. The summed E-state index contributed by atoms with van der Waals surface area (Å²) >= 11 is 0. The molecule has 2 N–H and O–H groups in total. The zero-order valence-electron chi connectivity index (χ0n) is 12.4. The van der Waals surface area contributed by atoms with Gasteiger partial charge in [0.1, 0.15) is 0 Å². The van der Waals surface area contributed by atoms with E-state index in [1.807, 2.05) is 18.5 Å². The summed E-state index contributed by atoms with van der Waals surface area (Å²) in [5.41, 5.74) is 9.62. The van der Waals surface area contributed by atoms with Crippen LogP contribution in [0.2, 0.25) is 0 Å². The number of rotatable bonds is 4. The van der Waals surface area contributed by atoms with Crippen molar-refractivity contribution in [3.8, 4) is 11.1 Å². The van der Waals surface area contributed by atoms with Crippen molar-refractivity contribution in [3.05, 3.63) is 54.4 Å². The van der Waals surface area contributed by atoms with E-state index < -0.39 is 0 Å². The molecule has 0 aliphatic carbocycles. The van der Waals surface area contributed by atoms with E-state index in [2.05, 4.69) is 40.2 Å². The van der Waals surface area contributed by atoms with Gasteiger partial charge in [0.2, 0.25) is 0 Å². The largest absolute Gasteiger partial charge is 0.330 e. The van der Waals surface area contributed by atoms with Crippen LogP contribution >= 0.6 is 0 Å². The lowest BCUT2D eigenvalue weighted by Crippen LogP contribution is -2.37. The summed E-state index contributed by atoms with van der Waals surface area (Å²) in [6.07, 6.45) is 6.28. The summed E-state index contributed by atoms with van der Waals surface area (Å²) in [6.45, 7) is 4.15. The molecule has 110 valence electrons. The first-order valence-electron chi connectivity index (χ1n) is 7.77. The lowest BCUT2D eigenvalue weighted by Gasteiger charge is -2.32. The molecule has 0 amide bonds. The molecule has 2 aromatic rings. The first-order chi connectivity index (χ1) is 10.3. The van der Waals surface area contributed by atoms with Crippen LogP contribution in [0.15, 0.2) is 48.8 Å². The third-order valence-corrected chi connectivity index (χ3v) is 4.26. The van der Waals surface area contributed by atoms with Crippen LogP contribution in [0.3, 0.4) is 0 Å². The molecule has 1 aliphatic heterocycles. The lowest BCUT2D eigenvalue weighted by molar-refractivity contribution is 0.171. The predicted molar refractivity (Wildman–Crippen MR) is 86.7 cm³/mol. The van der Waals surface area contributed by atoms with Crippen LogP contribution in [0.1, 0.15) is 18.4 Å². The molecule has 0 unspecified atom stereocenters. The van der Waals surface area contributed by atoms with Gasteiger partial charge in [0.15, 0.2) is 0 Å². The quantitative estimate of drug-likeness (QED) is 0.937. The number of nitrogens with two attached hydrogens (primary N) is 1. The first kappa shape index (κ1) is 14.2. The molecule has 1 fully saturated rings. The number of piperidine rings is 1. The van der Waals surface area contributed by atoms with E-state index in [9.17, 15) is 0 Å². The maximum atomic E-state index is 5.83. The van der Waals surface area contributed by atoms with Gasteiger partial charge in [0.05, 0.1) is 0 Å². The molecular formula is C18H23N3.